The fourth-order valence-corrected chi connectivity index (χ4v) is 2.38. The molecule has 5 heteroatoms. The molecule has 18 heavy (non-hydrogen) atoms. The zero-order chi connectivity index (χ0) is 12.8. The molecule has 94 valence electrons. The molecule has 0 saturated carbocycles. The summed E-state index contributed by atoms with van der Waals surface area (Å²) in [5.74, 6) is -0.214. The molecule has 0 bridgehead atoms. The SMILES string of the molecule is Cc1ccc(N2C(=O)NC3(CCOC3)C2=O)cc1. The highest BCUT2D eigenvalue weighted by molar-refractivity contribution is 6.23. The maximum Gasteiger partial charge on any atom is 0.329 e. The van der Waals surface area contributed by atoms with Crippen LogP contribution in [0.2, 0.25) is 0 Å². The van der Waals surface area contributed by atoms with Gasteiger partial charge in [0.05, 0.1) is 12.3 Å². The van der Waals surface area contributed by atoms with Crippen LogP contribution in [0.5, 0.6) is 0 Å². The molecule has 2 saturated heterocycles. The number of imide groups is 1. The molecule has 2 heterocycles. The minimum absolute atomic E-state index is 0.214. The maximum absolute atomic E-state index is 12.4. The molecule has 2 aliphatic heterocycles. The van der Waals surface area contributed by atoms with Gasteiger partial charge in [-0.1, -0.05) is 17.7 Å². The van der Waals surface area contributed by atoms with Crippen molar-refractivity contribution in [2.75, 3.05) is 18.1 Å². The van der Waals surface area contributed by atoms with Crippen LogP contribution in [0.25, 0.3) is 0 Å². The summed E-state index contributed by atoms with van der Waals surface area (Å²) in [5.41, 5.74) is 0.846. The van der Waals surface area contributed by atoms with Crippen LogP contribution in [0.15, 0.2) is 24.3 Å². The number of amides is 3. The van der Waals surface area contributed by atoms with E-state index in [1.54, 1.807) is 12.1 Å². The molecule has 1 unspecified atom stereocenters. The number of rotatable bonds is 1. The van der Waals surface area contributed by atoms with Gasteiger partial charge >= 0.3 is 6.03 Å². The Labute approximate surface area is 105 Å². The van der Waals surface area contributed by atoms with Gasteiger partial charge in [0.15, 0.2) is 0 Å². The van der Waals surface area contributed by atoms with E-state index in [9.17, 15) is 9.59 Å². The largest absolute Gasteiger partial charge is 0.378 e. The molecule has 3 rings (SSSR count). The molecule has 5 nitrogen and oxygen atoms in total. The van der Waals surface area contributed by atoms with E-state index in [0.29, 0.717) is 18.7 Å². The molecule has 1 N–H and O–H groups in total. The van der Waals surface area contributed by atoms with Gasteiger partial charge in [0.1, 0.15) is 5.54 Å². The molecular weight excluding hydrogens is 232 g/mol. The number of benzene rings is 1. The predicted octanol–water partition coefficient (Wildman–Crippen LogP) is 1.21. The topological polar surface area (TPSA) is 58.6 Å². The van der Waals surface area contributed by atoms with Crippen molar-refractivity contribution in [3.63, 3.8) is 0 Å². The summed E-state index contributed by atoms with van der Waals surface area (Å²) in [6.07, 6.45) is 0.542. The molecule has 1 aromatic rings. The lowest BCUT2D eigenvalue weighted by Crippen LogP contribution is -2.47. The fraction of sp³-hybridized carbons (Fsp3) is 0.385. The lowest BCUT2D eigenvalue weighted by Gasteiger charge is -2.18. The zero-order valence-electron chi connectivity index (χ0n) is 10.1. The lowest BCUT2D eigenvalue weighted by atomic mass is 9.99. The average Bonchev–Trinajstić information content (AvgIpc) is 2.89. The number of hydrogen-bond donors (Lipinski definition) is 1. The second-order valence-corrected chi connectivity index (χ2v) is 4.79. The quantitative estimate of drug-likeness (QED) is 0.758. The Morgan fingerprint density at radius 2 is 2.00 bits per heavy atom. The molecule has 1 aromatic carbocycles. The molecule has 0 aromatic heterocycles. The van der Waals surface area contributed by atoms with Crippen LogP contribution in [-0.4, -0.2) is 30.7 Å². The van der Waals surface area contributed by atoms with Crippen LogP contribution in [0, 0.1) is 6.92 Å². The van der Waals surface area contributed by atoms with E-state index in [2.05, 4.69) is 5.32 Å². The number of hydrogen-bond acceptors (Lipinski definition) is 3. The number of ether oxygens (including phenoxy) is 1. The van der Waals surface area contributed by atoms with Gasteiger partial charge in [-0.05, 0) is 19.1 Å². The molecule has 2 fully saturated rings. The van der Waals surface area contributed by atoms with E-state index in [1.165, 1.54) is 4.90 Å². The van der Waals surface area contributed by atoms with Gasteiger partial charge < -0.3 is 10.1 Å². The summed E-state index contributed by atoms with van der Waals surface area (Å²) < 4.78 is 5.24. The molecule has 1 atom stereocenters. The number of urea groups is 1. The maximum atomic E-state index is 12.4. The van der Waals surface area contributed by atoms with E-state index in [0.717, 1.165) is 5.56 Å². The first-order chi connectivity index (χ1) is 8.62. The van der Waals surface area contributed by atoms with E-state index < -0.39 is 5.54 Å². The Kier molecular flexibility index (Phi) is 2.38. The van der Waals surface area contributed by atoms with Crippen molar-refractivity contribution in [2.45, 2.75) is 18.9 Å². The zero-order valence-corrected chi connectivity index (χ0v) is 10.1. The Bertz CT molecular complexity index is 503. The van der Waals surface area contributed by atoms with Gasteiger partial charge in [0.2, 0.25) is 0 Å². The standard InChI is InChI=1S/C13H14N2O3/c1-9-2-4-10(5-3-9)15-11(16)13(14-12(15)17)6-7-18-8-13/h2-5H,6-8H2,1H3,(H,14,17). The Morgan fingerprint density at radius 3 is 2.61 bits per heavy atom. The number of carbonyl (C=O) groups is 2. The van der Waals surface area contributed by atoms with E-state index in [1.807, 2.05) is 19.1 Å². The summed E-state index contributed by atoms with van der Waals surface area (Å²) in [6, 6.07) is 6.95. The van der Waals surface area contributed by atoms with Gasteiger partial charge in [-0.3, -0.25) is 4.79 Å². The van der Waals surface area contributed by atoms with Crippen molar-refractivity contribution in [1.29, 1.82) is 0 Å². The van der Waals surface area contributed by atoms with Crippen LogP contribution in [0.4, 0.5) is 10.5 Å². The van der Waals surface area contributed by atoms with Gasteiger partial charge in [-0.25, -0.2) is 9.69 Å². The van der Waals surface area contributed by atoms with Crippen LogP contribution in [0.1, 0.15) is 12.0 Å². The summed E-state index contributed by atoms with van der Waals surface area (Å²) in [7, 11) is 0. The van der Waals surface area contributed by atoms with Crippen molar-refractivity contribution in [3.8, 4) is 0 Å². The number of nitrogens with zero attached hydrogens (tertiary/aromatic N) is 1. The Morgan fingerprint density at radius 1 is 1.28 bits per heavy atom. The van der Waals surface area contributed by atoms with Crippen LogP contribution < -0.4 is 10.2 Å². The predicted molar refractivity (Wildman–Crippen MR) is 65.4 cm³/mol. The molecule has 0 aliphatic carbocycles. The van der Waals surface area contributed by atoms with Crippen molar-refractivity contribution >= 4 is 17.6 Å². The van der Waals surface area contributed by atoms with E-state index in [-0.39, 0.29) is 18.5 Å². The first-order valence-corrected chi connectivity index (χ1v) is 5.93. The van der Waals surface area contributed by atoms with Gasteiger partial charge in [-0.2, -0.15) is 0 Å². The van der Waals surface area contributed by atoms with Crippen molar-refractivity contribution in [2.24, 2.45) is 0 Å². The van der Waals surface area contributed by atoms with E-state index in [4.69, 9.17) is 4.74 Å². The summed E-state index contributed by atoms with van der Waals surface area (Å²) >= 11 is 0. The van der Waals surface area contributed by atoms with Crippen LogP contribution in [-0.2, 0) is 9.53 Å². The van der Waals surface area contributed by atoms with Crippen molar-refractivity contribution in [3.05, 3.63) is 29.8 Å². The number of nitrogens with one attached hydrogen (secondary N) is 1. The Balaban J connectivity index is 1.95. The third-order valence-electron chi connectivity index (χ3n) is 3.48. The number of aryl methyl sites for hydroxylation is 1. The smallest absolute Gasteiger partial charge is 0.329 e. The molecular formula is C13H14N2O3. The average molecular weight is 246 g/mol. The minimum Gasteiger partial charge on any atom is -0.378 e. The fourth-order valence-electron chi connectivity index (χ4n) is 2.38. The minimum atomic E-state index is -0.845. The third-order valence-corrected chi connectivity index (χ3v) is 3.48. The van der Waals surface area contributed by atoms with Crippen LogP contribution >= 0.6 is 0 Å². The summed E-state index contributed by atoms with van der Waals surface area (Å²) in [5, 5.41) is 2.75. The highest BCUT2D eigenvalue weighted by atomic mass is 16.5. The number of carbonyl (C=O) groups excluding carboxylic acids is 2. The molecule has 3 amide bonds. The first kappa shape index (κ1) is 11.2. The number of anilines is 1. The first-order valence-electron chi connectivity index (χ1n) is 5.93. The van der Waals surface area contributed by atoms with Gasteiger partial charge in [-0.15, -0.1) is 0 Å². The van der Waals surface area contributed by atoms with E-state index >= 15 is 0 Å². The van der Waals surface area contributed by atoms with Crippen molar-refractivity contribution in [1.82, 2.24) is 5.32 Å². The summed E-state index contributed by atoms with van der Waals surface area (Å²) in [4.78, 5) is 25.6. The van der Waals surface area contributed by atoms with Crippen LogP contribution in [0.3, 0.4) is 0 Å². The molecule has 1 spiro atoms. The van der Waals surface area contributed by atoms with Gasteiger partial charge in [0.25, 0.3) is 5.91 Å². The third kappa shape index (κ3) is 1.51. The second-order valence-electron chi connectivity index (χ2n) is 4.79. The molecule has 0 radical (unpaired) electrons. The second kappa shape index (κ2) is 3.81. The Hall–Kier alpha value is -1.88. The summed E-state index contributed by atoms with van der Waals surface area (Å²) in [6.45, 7) is 2.73. The monoisotopic (exact) mass is 246 g/mol. The lowest BCUT2D eigenvalue weighted by molar-refractivity contribution is -0.122. The van der Waals surface area contributed by atoms with Gasteiger partial charge in [0, 0.05) is 13.0 Å². The highest BCUT2D eigenvalue weighted by Gasteiger charge is 2.53. The highest BCUT2D eigenvalue weighted by Crippen LogP contribution is 2.30. The van der Waals surface area contributed by atoms with Crippen molar-refractivity contribution < 1.29 is 14.3 Å². The normalized spacial score (nSPS) is 27.1. The molecule has 2 aliphatic rings.